The van der Waals surface area contributed by atoms with Crippen molar-refractivity contribution >= 4 is 11.9 Å². The quantitative estimate of drug-likeness (QED) is 0.895. The summed E-state index contributed by atoms with van der Waals surface area (Å²) in [5.41, 5.74) is 0.493. The van der Waals surface area contributed by atoms with Crippen LogP contribution in [0, 0.1) is 0 Å². The van der Waals surface area contributed by atoms with Gasteiger partial charge < -0.3 is 19.5 Å². The molecule has 130 valence electrons. The maximum Gasteiger partial charge on any atom is 0.326 e. The van der Waals surface area contributed by atoms with E-state index in [9.17, 15) is 14.7 Å². The third-order valence-electron chi connectivity index (χ3n) is 4.61. The third kappa shape index (κ3) is 3.87. The molecule has 24 heavy (non-hydrogen) atoms. The molecular weight excluding hydrogens is 310 g/mol. The van der Waals surface area contributed by atoms with Gasteiger partial charge >= 0.3 is 5.97 Å². The van der Waals surface area contributed by atoms with E-state index in [2.05, 4.69) is 0 Å². The van der Waals surface area contributed by atoms with Gasteiger partial charge in [-0.1, -0.05) is 0 Å². The molecule has 0 saturated carbocycles. The molecule has 2 atom stereocenters. The molecule has 0 aliphatic carbocycles. The second-order valence-electron chi connectivity index (χ2n) is 6.32. The van der Waals surface area contributed by atoms with Crippen molar-refractivity contribution in [1.29, 1.82) is 0 Å². The Morgan fingerprint density at radius 2 is 1.96 bits per heavy atom. The lowest BCUT2D eigenvalue weighted by Crippen LogP contribution is -2.47. The van der Waals surface area contributed by atoms with Crippen LogP contribution < -0.4 is 4.74 Å². The van der Waals surface area contributed by atoms with Gasteiger partial charge in [0.15, 0.2) is 0 Å². The van der Waals surface area contributed by atoms with Crippen LogP contribution in [-0.2, 0) is 9.53 Å². The molecule has 6 nitrogen and oxygen atoms in total. The number of nitrogens with zero attached hydrogens (tertiary/aromatic N) is 1. The van der Waals surface area contributed by atoms with Crippen LogP contribution in [0.5, 0.6) is 5.75 Å². The topological polar surface area (TPSA) is 76.1 Å². The van der Waals surface area contributed by atoms with Crippen LogP contribution in [0.25, 0.3) is 0 Å². The summed E-state index contributed by atoms with van der Waals surface area (Å²) in [5.74, 6) is -0.470. The van der Waals surface area contributed by atoms with Crippen LogP contribution in [0.2, 0.25) is 0 Å². The molecule has 0 bridgehead atoms. The first kappa shape index (κ1) is 16.8. The number of ether oxygens (including phenoxy) is 2. The average Bonchev–Trinajstić information content (AvgIpc) is 3.13. The number of hydrogen-bond donors (Lipinski definition) is 1. The molecule has 2 heterocycles. The highest BCUT2D eigenvalue weighted by atomic mass is 16.5. The Bertz CT molecular complexity index is 580. The van der Waals surface area contributed by atoms with Crippen LogP contribution in [0.15, 0.2) is 24.3 Å². The fourth-order valence-corrected chi connectivity index (χ4v) is 3.26. The summed E-state index contributed by atoms with van der Waals surface area (Å²) >= 11 is 0. The predicted octanol–water partition coefficient (Wildman–Crippen LogP) is 2.32. The van der Waals surface area contributed by atoms with E-state index in [1.165, 1.54) is 4.90 Å². The fraction of sp³-hybridized carbons (Fsp3) is 0.556. The maximum atomic E-state index is 12.6. The highest BCUT2D eigenvalue weighted by Gasteiger charge is 2.32. The Hall–Kier alpha value is -2.08. The van der Waals surface area contributed by atoms with Crippen molar-refractivity contribution in [2.24, 2.45) is 0 Å². The zero-order valence-electron chi connectivity index (χ0n) is 13.6. The van der Waals surface area contributed by atoms with Gasteiger partial charge in [-0.05, 0) is 56.4 Å². The zero-order valence-corrected chi connectivity index (χ0v) is 13.6. The lowest BCUT2D eigenvalue weighted by Gasteiger charge is -2.33. The standard InChI is InChI=1S/C18H23NO5/c20-17(19-10-2-1-5-16(19)18(21)22)13-6-8-14(9-7-13)24-12-15-4-3-11-23-15/h6-9,15-16H,1-5,10-12H2,(H,21,22). The summed E-state index contributed by atoms with van der Waals surface area (Å²) < 4.78 is 11.2. The molecule has 0 aromatic heterocycles. The first-order chi connectivity index (χ1) is 11.6. The third-order valence-corrected chi connectivity index (χ3v) is 4.61. The normalized spacial score (nSPS) is 23.9. The van der Waals surface area contributed by atoms with Gasteiger partial charge in [-0.15, -0.1) is 0 Å². The van der Waals surface area contributed by atoms with Crippen molar-refractivity contribution in [3.05, 3.63) is 29.8 Å². The number of carbonyl (C=O) groups excluding carboxylic acids is 1. The second kappa shape index (κ2) is 7.66. The highest BCUT2D eigenvalue weighted by molar-refractivity contribution is 5.96. The molecular formula is C18H23NO5. The lowest BCUT2D eigenvalue weighted by molar-refractivity contribution is -0.143. The molecule has 1 amide bonds. The van der Waals surface area contributed by atoms with Crippen molar-refractivity contribution in [3.63, 3.8) is 0 Å². The number of benzene rings is 1. The molecule has 2 aliphatic heterocycles. The van der Waals surface area contributed by atoms with Gasteiger partial charge in [-0.2, -0.15) is 0 Å². The van der Waals surface area contributed by atoms with Crippen LogP contribution in [0.1, 0.15) is 42.5 Å². The molecule has 0 spiro atoms. The van der Waals surface area contributed by atoms with Gasteiger partial charge in [-0.3, -0.25) is 4.79 Å². The lowest BCUT2D eigenvalue weighted by atomic mass is 10.0. The molecule has 2 unspecified atom stereocenters. The van der Waals surface area contributed by atoms with E-state index in [1.54, 1.807) is 24.3 Å². The first-order valence-corrected chi connectivity index (χ1v) is 8.53. The van der Waals surface area contributed by atoms with Crippen LogP contribution >= 0.6 is 0 Å². The first-order valence-electron chi connectivity index (χ1n) is 8.53. The number of hydrogen-bond acceptors (Lipinski definition) is 4. The number of aliphatic carboxylic acids is 1. The molecule has 1 N–H and O–H groups in total. The smallest absolute Gasteiger partial charge is 0.326 e. The molecule has 2 saturated heterocycles. The highest BCUT2D eigenvalue weighted by Crippen LogP contribution is 2.22. The van der Waals surface area contributed by atoms with Gasteiger partial charge in [0, 0.05) is 18.7 Å². The Morgan fingerprint density at radius 1 is 1.17 bits per heavy atom. The van der Waals surface area contributed by atoms with E-state index in [4.69, 9.17) is 9.47 Å². The van der Waals surface area contributed by atoms with Crippen molar-refractivity contribution in [2.75, 3.05) is 19.8 Å². The molecule has 2 fully saturated rings. The van der Waals surface area contributed by atoms with E-state index in [1.807, 2.05) is 0 Å². The second-order valence-corrected chi connectivity index (χ2v) is 6.32. The maximum absolute atomic E-state index is 12.6. The predicted molar refractivity (Wildman–Crippen MR) is 87.2 cm³/mol. The van der Waals surface area contributed by atoms with Crippen molar-refractivity contribution in [2.45, 2.75) is 44.2 Å². The molecule has 6 heteroatoms. The number of carboxylic acid groups (broad SMARTS) is 1. The fourth-order valence-electron chi connectivity index (χ4n) is 3.26. The van der Waals surface area contributed by atoms with E-state index in [0.717, 1.165) is 32.3 Å². The Morgan fingerprint density at radius 3 is 2.62 bits per heavy atom. The zero-order chi connectivity index (χ0) is 16.9. The number of rotatable bonds is 5. The van der Waals surface area contributed by atoms with Crippen LogP contribution in [0.3, 0.4) is 0 Å². The number of carboxylic acids is 1. The van der Waals surface area contributed by atoms with Gasteiger partial charge in [0.1, 0.15) is 18.4 Å². The largest absolute Gasteiger partial charge is 0.491 e. The number of amides is 1. The summed E-state index contributed by atoms with van der Waals surface area (Å²) in [6.07, 6.45) is 4.44. The van der Waals surface area contributed by atoms with Gasteiger partial charge in [-0.25, -0.2) is 4.79 Å². The summed E-state index contributed by atoms with van der Waals surface area (Å²) in [6, 6.07) is 6.17. The molecule has 3 rings (SSSR count). The molecule has 1 aromatic rings. The minimum Gasteiger partial charge on any atom is -0.491 e. The van der Waals surface area contributed by atoms with Gasteiger partial charge in [0.25, 0.3) is 5.91 Å². The molecule has 1 aromatic carbocycles. The summed E-state index contributed by atoms with van der Waals surface area (Å²) in [7, 11) is 0. The van der Waals surface area contributed by atoms with Crippen LogP contribution in [-0.4, -0.2) is 53.8 Å². The van der Waals surface area contributed by atoms with Crippen molar-refractivity contribution in [1.82, 2.24) is 4.90 Å². The summed E-state index contributed by atoms with van der Waals surface area (Å²) in [6.45, 7) is 1.80. The average molecular weight is 333 g/mol. The van der Waals surface area contributed by atoms with E-state index < -0.39 is 12.0 Å². The minimum atomic E-state index is -0.931. The van der Waals surface area contributed by atoms with E-state index in [0.29, 0.717) is 30.9 Å². The van der Waals surface area contributed by atoms with Crippen molar-refractivity contribution < 1.29 is 24.2 Å². The van der Waals surface area contributed by atoms with E-state index in [-0.39, 0.29) is 12.0 Å². The van der Waals surface area contributed by atoms with Crippen molar-refractivity contribution in [3.8, 4) is 5.75 Å². The molecule has 2 aliphatic rings. The van der Waals surface area contributed by atoms with E-state index >= 15 is 0 Å². The van der Waals surface area contributed by atoms with Gasteiger partial charge in [0.05, 0.1) is 6.10 Å². The van der Waals surface area contributed by atoms with Gasteiger partial charge in [0.2, 0.25) is 0 Å². The number of carbonyl (C=O) groups is 2. The Balaban J connectivity index is 1.61. The van der Waals surface area contributed by atoms with Crippen LogP contribution in [0.4, 0.5) is 0 Å². The summed E-state index contributed by atoms with van der Waals surface area (Å²) in [5, 5.41) is 9.30. The number of likely N-dealkylation sites (tertiary alicyclic amines) is 1. The SMILES string of the molecule is O=C(O)C1CCCCN1C(=O)c1ccc(OCC2CCCO2)cc1. The minimum absolute atomic E-state index is 0.149. The monoisotopic (exact) mass is 333 g/mol. The molecule has 0 radical (unpaired) electrons. The summed E-state index contributed by atoms with van der Waals surface area (Å²) in [4.78, 5) is 25.4. The number of piperidine rings is 1. The Labute approximate surface area is 141 Å². The Kier molecular flexibility index (Phi) is 5.35.